The third-order valence-corrected chi connectivity index (χ3v) is 5.80. The zero-order valence-electron chi connectivity index (χ0n) is 17.4. The van der Waals surface area contributed by atoms with Crippen molar-refractivity contribution in [3.05, 3.63) is 65.7 Å². The fourth-order valence-corrected chi connectivity index (χ4v) is 4.18. The zero-order chi connectivity index (χ0) is 21.6. The van der Waals surface area contributed by atoms with Gasteiger partial charge in [-0.2, -0.15) is 0 Å². The molecule has 0 aromatic heterocycles. The molecule has 0 spiro atoms. The van der Waals surface area contributed by atoms with Crippen LogP contribution in [-0.2, 0) is 10.0 Å². The van der Waals surface area contributed by atoms with Crippen LogP contribution in [0.2, 0.25) is 0 Å². The van der Waals surface area contributed by atoms with Crippen molar-refractivity contribution in [1.82, 2.24) is 4.90 Å². The lowest BCUT2D eigenvalue weighted by Gasteiger charge is -2.21. The van der Waals surface area contributed by atoms with Crippen LogP contribution in [0.5, 0.6) is 5.75 Å². The third-order valence-electron chi connectivity index (χ3n) is 4.27. The molecule has 29 heavy (non-hydrogen) atoms. The van der Waals surface area contributed by atoms with Gasteiger partial charge in [-0.05, 0) is 69.7 Å². The zero-order valence-corrected chi connectivity index (χ0v) is 18.2. The van der Waals surface area contributed by atoms with Crippen LogP contribution in [0.15, 0.2) is 59.5 Å². The Hall–Kier alpha value is -2.80. The highest BCUT2D eigenvalue weighted by molar-refractivity contribution is 7.92. The van der Waals surface area contributed by atoms with Gasteiger partial charge in [-0.3, -0.25) is 9.52 Å². The normalized spacial score (nSPS) is 11.0. The Morgan fingerprint density at radius 2 is 1.79 bits per heavy atom. The first-order valence-corrected chi connectivity index (χ1v) is 11.0. The Balaban J connectivity index is 2.31. The molecule has 0 aliphatic carbocycles. The van der Waals surface area contributed by atoms with E-state index in [1.165, 1.54) is 6.07 Å². The third kappa shape index (κ3) is 5.84. The summed E-state index contributed by atoms with van der Waals surface area (Å²) in [6.45, 7) is 12.6. The van der Waals surface area contributed by atoms with E-state index >= 15 is 0 Å². The highest BCUT2D eigenvalue weighted by Crippen LogP contribution is 2.23. The van der Waals surface area contributed by atoms with E-state index in [1.807, 2.05) is 20.8 Å². The van der Waals surface area contributed by atoms with Crippen molar-refractivity contribution < 1.29 is 17.9 Å². The van der Waals surface area contributed by atoms with Gasteiger partial charge in [-0.1, -0.05) is 18.2 Å². The first-order valence-electron chi connectivity index (χ1n) is 9.48. The van der Waals surface area contributed by atoms with Gasteiger partial charge in [0, 0.05) is 24.3 Å². The van der Waals surface area contributed by atoms with E-state index in [4.69, 9.17) is 4.74 Å². The number of hydrogen-bond acceptors (Lipinski definition) is 4. The van der Waals surface area contributed by atoms with Crippen LogP contribution in [-0.4, -0.2) is 38.9 Å². The second kappa shape index (κ2) is 9.60. The van der Waals surface area contributed by atoms with Crippen LogP contribution < -0.4 is 9.46 Å². The monoisotopic (exact) mass is 416 g/mol. The predicted molar refractivity (Wildman–Crippen MR) is 116 cm³/mol. The van der Waals surface area contributed by atoms with Crippen LogP contribution >= 0.6 is 0 Å². The van der Waals surface area contributed by atoms with Crippen LogP contribution in [0.3, 0.4) is 0 Å². The van der Waals surface area contributed by atoms with Crippen molar-refractivity contribution in [2.45, 2.75) is 32.6 Å². The van der Waals surface area contributed by atoms with Gasteiger partial charge in [-0.15, -0.1) is 0 Å². The van der Waals surface area contributed by atoms with Crippen LogP contribution in [0, 0.1) is 6.92 Å². The molecule has 0 saturated heterocycles. The second-order valence-corrected chi connectivity index (χ2v) is 8.47. The molecule has 0 bridgehead atoms. The molecule has 2 rings (SSSR count). The molecule has 7 heteroatoms. The van der Waals surface area contributed by atoms with Crippen LogP contribution in [0.25, 0.3) is 0 Å². The average molecular weight is 417 g/mol. The Morgan fingerprint density at radius 3 is 2.34 bits per heavy atom. The number of ether oxygens (including phenoxy) is 1. The summed E-state index contributed by atoms with van der Waals surface area (Å²) < 4.78 is 33.8. The number of carbonyl (C=O) groups excluding carboxylic acids is 1. The van der Waals surface area contributed by atoms with Gasteiger partial charge in [0.25, 0.3) is 15.9 Å². The first-order chi connectivity index (χ1) is 13.7. The molecular formula is C22H28N2O4S. The highest BCUT2D eigenvalue weighted by Gasteiger charge is 2.21. The number of nitrogens with one attached hydrogen (secondary N) is 1. The van der Waals surface area contributed by atoms with Crippen molar-refractivity contribution in [3.63, 3.8) is 0 Å². The lowest BCUT2D eigenvalue weighted by atomic mass is 10.1. The smallest absolute Gasteiger partial charge is 0.262 e. The maximum absolute atomic E-state index is 12.9. The molecule has 0 fully saturated rings. The second-order valence-electron chi connectivity index (χ2n) is 6.82. The fourth-order valence-electron chi connectivity index (χ4n) is 2.85. The summed E-state index contributed by atoms with van der Waals surface area (Å²) in [5.41, 5.74) is 2.16. The Morgan fingerprint density at radius 1 is 1.14 bits per heavy atom. The molecule has 0 atom stereocenters. The van der Waals surface area contributed by atoms with Crippen molar-refractivity contribution >= 4 is 21.6 Å². The van der Waals surface area contributed by atoms with Crippen LogP contribution in [0.1, 0.15) is 36.7 Å². The maximum Gasteiger partial charge on any atom is 0.262 e. The minimum Gasteiger partial charge on any atom is -0.494 e. The summed E-state index contributed by atoms with van der Waals surface area (Å²) in [5.74, 6) is 0.435. The number of likely N-dealkylation sites (N-methyl/N-ethyl adjacent to an activating group) is 1. The molecule has 6 nitrogen and oxygen atoms in total. The van der Waals surface area contributed by atoms with E-state index in [0.717, 1.165) is 5.57 Å². The Labute approximate surface area is 173 Å². The van der Waals surface area contributed by atoms with Crippen molar-refractivity contribution in [2.24, 2.45) is 0 Å². The van der Waals surface area contributed by atoms with Gasteiger partial charge in [0.15, 0.2) is 0 Å². The van der Waals surface area contributed by atoms with Gasteiger partial charge in [0.2, 0.25) is 0 Å². The Kier molecular flexibility index (Phi) is 7.45. The molecule has 2 aromatic rings. The van der Waals surface area contributed by atoms with Gasteiger partial charge in [0.05, 0.1) is 11.5 Å². The summed E-state index contributed by atoms with van der Waals surface area (Å²) in [4.78, 5) is 14.5. The molecular weight excluding hydrogens is 388 g/mol. The average Bonchev–Trinajstić information content (AvgIpc) is 2.67. The van der Waals surface area contributed by atoms with Crippen LogP contribution in [0.4, 0.5) is 5.69 Å². The maximum atomic E-state index is 12.9. The SMILES string of the molecule is C=C(C)CN(CC)C(=O)c1ccc(C)c(S(=O)(=O)Nc2ccc(OCC)cc2)c1. The van der Waals surface area contributed by atoms with Crippen molar-refractivity contribution in [2.75, 3.05) is 24.4 Å². The van der Waals surface area contributed by atoms with E-state index in [-0.39, 0.29) is 10.8 Å². The summed E-state index contributed by atoms with van der Waals surface area (Å²) in [5, 5.41) is 0. The predicted octanol–water partition coefficient (Wildman–Crippen LogP) is 4.23. The van der Waals surface area contributed by atoms with Gasteiger partial charge >= 0.3 is 0 Å². The lowest BCUT2D eigenvalue weighted by Crippen LogP contribution is -2.32. The molecule has 0 radical (unpaired) electrons. The number of nitrogens with zero attached hydrogens (tertiary/aromatic N) is 1. The molecule has 156 valence electrons. The van der Waals surface area contributed by atoms with E-state index in [2.05, 4.69) is 11.3 Å². The molecule has 0 saturated carbocycles. The lowest BCUT2D eigenvalue weighted by molar-refractivity contribution is 0.0778. The van der Waals surface area contributed by atoms with E-state index in [0.29, 0.717) is 42.3 Å². The van der Waals surface area contributed by atoms with Crippen molar-refractivity contribution in [1.29, 1.82) is 0 Å². The number of aryl methyl sites for hydroxylation is 1. The van der Waals surface area contributed by atoms with Gasteiger partial charge in [-0.25, -0.2) is 8.42 Å². The summed E-state index contributed by atoms with van der Waals surface area (Å²) in [6, 6.07) is 11.4. The summed E-state index contributed by atoms with van der Waals surface area (Å²) in [6.07, 6.45) is 0. The number of benzene rings is 2. The number of sulfonamides is 1. The molecule has 0 aliphatic heterocycles. The molecule has 0 heterocycles. The molecule has 1 amide bonds. The first kappa shape index (κ1) is 22.5. The minimum absolute atomic E-state index is 0.0728. The highest BCUT2D eigenvalue weighted by atomic mass is 32.2. The largest absolute Gasteiger partial charge is 0.494 e. The van der Waals surface area contributed by atoms with Crippen molar-refractivity contribution in [3.8, 4) is 5.75 Å². The molecule has 2 aromatic carbocycles. The molecule has 0 unspecified atom stereocenters. The standard InChI is InChI=1S/C22H28N2O4S/c1-6-24(15-16(3)4)22(25)18-9-8-17(5)21(14-18)29(26,27)23-19-10-12-20(13-11-19)28-7-2/h8-14,23H,3,6-7,15H2,1-2,4-5H3. The van der Waals surface area contributed by atoms with Gasteiger partial charge < -0.3 is 9.64 Å². The molecule has 0 aliphatic rings. The number of anilines is 1. The topological polar surface area (TPSA) is 75.7 Å². The quantitative estimate of drug-likeness (QED) is 0.621. The Bertz CT molecular complexity index is 982. The summed E-state index contributed by atoms with van der Waals surface area (Å²) in [7, 11) is -3.86. The number of amides is 1. The van der Waals surface area contributed by atoms with E-state index < -0.39 is 10.0 Å². The fraction of sp³-hybridized carbons (Fsp3) is 0.318. The molecule has 1 N–H and O–H groups in total. The van der Waals surface area contributed by atoms with E-state index in [9.17, 15) is 13.2 Å². The number of hydrogen-bond donors (Lipinski definition) is 1. The number of rotatable bonds is 9. The summed E-state index contributed by atoms with van der Waals surface area (Å²) >= 11 is 0. The van der Waals surface area contributed by atoms with Gasteiger partial charge in [0.1, 0.15) is 5.75 Å². The minimum atomic E-state index is -3.86. The van der Waals surface area contributed by atoms with E-state index in [1.54, 1.807) is 48.2 Å². The number of carbonyl (C=O) groups is 1.